The average molecular weight is 247 g/mol. The number of alkyl halides is 3. The summed E-state index contributed by atoms with van der Waals surface area (Å²) >= 11 is 5.67. The minimum Gasteiger partial charge on any atom is -0.452 e. The molecule has 0 N–H and O–H groups in total. The van der Waals surface area contributed by atoms with Gasteiger partial charge in [-0.25, -0.2) is 0 Å². The van der Waals surface area contributed by atoms with Gasteiger partial charge >= 0.3 is 6.18 Å². The van der Waals surface area contributed by atoms with Crippen LogP contribution in [0, 0.1) is 0 Å². The van der Waals surface area contributed by atoms with Crippen LogP contribution in [0.3, 0.4) is 0 Å². The topological polar surface area (TPSA) is 13.1 Å². The van der Waals surface area contributed by atoms with Crippen molar-refractivity contribution >= 4 is 11.6 Å². The Morgan fingerprint density at radius 1 is 0.938 bits per heavy atom. The molecule has 2 rings (SSSR count). The predicted molar refractivity (Wildman–Crippen MR) is 54.2 cm³/mol. The maximum atomic E-state index is 12.3. The van der Waals surface area contributed by atoms with Crippen LogP contribution in [0.2, 0.25) is 5.02 Å². The molecule has 0 amide bonds. The number of rotatable bonds is 1. The fourth-order valence-corrected chi connectivity index (χ4v) is 1.39. The molecule has 84 valence electrons. The second kappa shape index (κ2) is 3.87. The van der Waals surface area contributed by atoms with E-state index >= 15 is 0 Å². The zero-order valence-electron chi connectivity index (χ0n) is 7.88. The Bertz CT molecular complexity index is 485. The number of halogens is 4. The lowest BCUT2D eigenvalue weighted by molar-refractivity contribution is -0.152. The molecule has 0 saturated carbocycles. The summed E-state index contributed by atoms with van der Waals surface area (Å²) in [6.07, 6.45) is -4.45. The second-order valence-corrected chi connectivity index (χ2v) is 3.60. The van der Waals surface area contributed by atoms with E-state index in [0.29, 0.717) is 10.6 Å². The molecule has 1 aromatic carbocycles. The Balaban J connectivity index is 2.35. The van der Waals surface area contributed by atoms with Gasteiger partial charge in [0.1, 0.15) is 5.76 Å². The van der Waals surface area contributed by atoms with Gasteiger partial charge in [0, 0.05) is 10.6 Å². The first kappa shape index (κ1) is 11.1. The van der Waals surface area contributed by atoms with Crippen molar-refractivity contribution in [1.82, 2.24) is 0 Å². The smallest absolute Gasteiger partial charge is 0.449 e. The molecule has 16 heavy (non-hydrogen) atoms. The van der Waals surface area contributed by atoms with E-state index in [0.717, 1.165) is 6.07 Å². The lowest BCUT2D eigenvalue weighted by atomic mass is 10.2. The Hall–Kier alpha value is -1.42. The average Bonchev–Trinajstić information content (AvgIpc) is 2.67. The molecule has 0 aliphatic rings. The highest BCUT2D eigenvalue weighted by molar-refractivity contribution is 6.30. The van der Waals surface area contributed by atoms with Crippen LogP contribution >= 0.6 is 11.6 Å². The van der Waals surface area contributed by atoms with Crippen molar-refractivity contribution in [3.63, 3.8) is 0 Å². The zero-order chi connectivity index (χ0) is 11.8. The van der Waals surface area contributed by atoms with Crippen LogP contribution in [0.5, 0.6) is 0 Å². The summed E-state index contributed by atoms with van der Waals surface area (Å²) in [4.78, 5) is 0. The fraction of sp³-hybridized carbons (Fsp3) is 0.0909. The van der Waals surface area contributed by atoms with Crippen LogP contribution in [0.25, 0.3) is 11.3 Å². The molecule has 1 nitrogen and oxygen atoms in total. The van der Waals surface area contributed by atoms with Crippen LogP contribution in [0.1, 0.15) is 5.76 Å². The van der Waals surface area contributed by atoms with E-state index in [2.05, 4.69) is 0 Å². The van der Waals surface area contributed by atoms with E-state index in [4.69, 9.17) is 16.0 Å². The number of hydrogen-bond donors (Lipinski definition) is 0. The van der Waals surface area contributed by atoms with E-state index in [-0.39, 0.29) is 5.76 Å². The molecular weight excluding hydrogens is 241 g/mol. The first-order valence-electron chi connectivity index (χ1n) is 4.40. The summed E-state index contributed by atoms with van der Waals surface area (Å²) in [5, 5.41) is 0.520. The molecule has 2 aromatic rings. The summed E-state index contributed by atoms with van der Waals surface area (Å²) < 4.78 is 41.5. The van der Waals surface area contributed by atoms with E-state index in [1.807, 2.05) is 0 Å². The van der Waals surface area contributed by atoms with Gasteiger partial charge in [0.05, 0.1) is 0 Å². The standard InChI is InChI=1S/C11H6ClF3O/c12-8-3-1-7(2-4-8)9-5-6-10(16-9)11(13,14)15/h1-6H. The van der Waals surface area contributed by atoms with E-state index < -0.39 is 11.9 Å². The maximum absolute atomic E-state index is 12.3. The molecule has 0 aliphatic heterocycles. The summed E-state index contributed by atoms with van der Waals surface area (Å²) in [6.45, 7) is 0. The van der Waals surface area contributed by atoms with Gasteiger partial charge in [-0.1, -0.05) is 11.6 Å². The number of benzene rings is 1. The first-order valence-corrected chi connectivity index (χ1v) is 4.77. The Labute approximate surface area is 94.4 Å². The van der Waals surface area contributed by atoms with Gasteiger partial charge in [-0.15, -0.1) is 0 Å². The van der Waals surface area contributed by atoms with E-state index in [9.17, 15) is 13.2 Å². The lowest BCUT2D eigenvalue weighted by Crippen LogP contribution is -2.01. The number of hydrogen-bond acceptors (Lipinski definition) is 1. The maximum Gasteiger partial charge on any atom is 0.449 e. The molecule has 0 spiro atoms. The Morgan fingerprint density at radius 3 is 2.06 bits per heavy atom. The summed E-state index contributed by atoms with van der Waals surface area (Å²) in [7, 11) is 0. The van der Waals surface area contributed by atoms with Crippen LogP contribution in [-0.4, -0.2) is 0 Å². The van der Waals surface area contributed by atoms with Crippen molar-refractivity contribution < 1.29 is 17.6 Å². The summed E-state index contributed by atoms with van der Waals surface area (Å²) in [6, 6.07) is 8.57. The first-order chi connectivity index (χ1) is 7.47. The van der Waals surface area contributed by atoms with E-state index in [1.54, 1.807) is 24.3 Å². The highest BCUT2D eigenvalue weighted by Crippen LogP contribution is 2.33. The molecule has 0 atom stereocenters. The van der Waals surface area contributed by atoms with E-state index in [1.165, 1.54) is 6.07 Å². The largest absolute Gasteiger partial charge is 0.452 e. The highest BCUT2D eigenvalue weighted by Gasteiger charge is 2.34. The molecule has 0 saturated heterocycles. The van der Waals surface area contributed by atoms with Crippen molar-refractivity contribution in [2.24, 2.45) is 0 Å². The van der Waals surface area contributed by atoms with Crippen LogP contribution in [0.4, 0.5) is 13.2 Å². The molecule has 0 aliphatic carbocycles. The highest BCUT2D eigenvalue weighted by atomic mass is 35.5. The zero-order valence-corrected chi connectivity index (χ0v) is 8.64. The van der Waals surface area contributed by atoms with Crippen molar-refractivity contribution in [2.45, 2.75) is 6.18 Å². The molecule has 0 unspecified atom stereocenters. The molecule has 0 fully saturated rings. The van der Waals surface area contributed by atoms with Gasteiger partial charge in [-0.2, -0.15) is 13.2 Å². The summed E-state index contributed by atoms with van der Waals surface area (Å²) in [5.74, 6) is -0.832. The number of furan rings is 1. The van der Waals surface area contributed by atoms with Gasteiger partial charge < -0.3 is 4.42 Å². The lowest BCUT2D eigenvalue weighted by Gasteiger charge is -2.01. The van der Waals surface area contributed by atoms with Crippen molar-refractivity contribution in [3.8, 4) is 11.3 Å². The van der Waals surface area contributed by atoms with Crippen LogP contribution in [0.15, 0.2) is 40.8 Å². The second-order valence-electron chi connectivity index (χ2n) is 3.17. The third-order valence-electron chi connectivity index (χ3n) is 2.01. The van der Waals surface area contributed by atoms with Crippen LogP contribution in [-0.2, 0) is 6.18 Å². The fourth-order valence-electron chi connectivity index (χ4n) is 1.26. The minimum atomic E-state index is -4.45. The van der Waals surface area contributed by atoms with Gasteiger partial charge in [0.15, 0.2) is 0 Å². The molecular formula is C11H6ClF3O. The van der Waals surface area contributed by atoms with Crippen molar-refractivity contribution in [3.05, 3.63) is 47.2 Å². The van der Waals surface area contributed by atoms with Crippen LogP contribution < -0.4 is 0 Å². The van der Waals surface area contributed by atoms with Crippen molar-refractivity contribution in [1.29, 1.82) is 0 Å². The third-order valence-corrected chi connectivity index (χ3v) is 2.27. The monoisotopic (exact) mass is 246 g/mol. The van der Waals surface area contributed by atoms with Gasteiger partial charge in [-0.3, -0.25) is 0 Å². The predicted octanol–water partition coefficient (Wildman–Crippen LogP) is 4.62. The van der Waals surface area contributed by atoms with Gasteiger partial charge in [-0.05, 0) is 36.4 Å². The summed E-state index contributed by atoms with van der Waals surface area (Å²) in [5.41, 5.74) is 0.555. The minimum absolute atomic E-state index is 0.170. The molecule has 0 bridgehead atoms. The Kier molecular flexibility index (Phi) is 2.68. The van der Waals surface area contributed by atoms with Gasteiger partial charge in [0.25, 0.3) is 0 Å². The molecule has 0 radical (unpaired) electrons. The SMILES string of the molecule is FC(F)(F)c1ccc(-c2ccc(Cl)cc2)o1. The molecule has 1 heterocycles. The molecule has 1 aromatic heterocycles. The quantitative estimate of drug-likeness (QED) is 0.716. The Morgan fingerprint density at radius 2 is 1.56 bits per heavy atom. The third kappa shape index (κ3) is 2.22. The normalized spacial score (nSPS) is 11.8. The van der Waals surface area contributed by atoms with Gasteiger partial charge in [0.2, 0.25) is 5.76 Å². The molecule has 5 heteroatoms. The van der Waals surface area contributed by atoms with Crippen molar-refractivity contribution in [2.75, 3.05) is 0 Å².